The van der Waals surface area contributed by atoms with Crippen molar-refractivity contribution in [3.63, 3.8) is 0 Å². The highest BCUT2D eigenvalue weighted by Crippen LogP contribution is 2.29. The van der Waals surface area contributed by atoms with Crippen LogP contribution in [0.5, 0.6) is 0 Å². The summed E-state index contributed by atoms with van der Waals surface area (Å²) in [6.45, 7) is 5.90. The van der Waals surface area contributed by atoms with Crippen molar-refractivity contribution in [3.8, 4) is 0 Å². The van der Waals surface area contributed by atoms with E-state index in [1.54, 1.807) is 12.1 Å². The van der Waals surface area contributed by atoms with Crippen molar-refractivity contribution in [2.24, 2.45) is 0 Å². The average molecular weight is 252 g/mol. The lowest BCUT2D eigenvalue weighted by molar-refractivity contribution is 0.0699. The third-order valence-electron chi connectivity index (χ3n) is 2.61. The summed E-state index contributed by atoms with van der Waals surface area (Å²) in [6, 6.07) is 3.32. The van der Waals surface area contributed by atoms with Gasteiger partial charge in [0.1, 0.15) is 0 Å². The van der Waals surface area contributed by atoms with Crippen LogP contribution in [0.3, 0.4) is 0 Å². The first-order valence-corrected chi connectivity index (χ1v) is 5.85. The molecule has 90 valence electrons. The molecular weight excluding hydrogens is 240 g/mol. The molecule has 0 unspecified atom stereocenters. The largest absolute Gasteiger partial charge is 0.478 e. The fourth-order valence-electron chi connectivity index (χ4n) is 1.59. The van der Waals surface area contributed by atoms with Crippen molar-refractivity contribution >= 4 is 27.7 Å². The first-order chi connectivity index (χ1) is 7.80. The number of aromatic carboxylic acids is 1. The van der Waals surface area contributed by atoms with Crippen LogP contribution in [0.4, 0.5) is 0 Å². The number of benzene rings is 1. The van der Waals surface area contributed by atoms with Crippen LogP contribution in [-0.4, -0.2) is 11.1 Å². The van der Waals surface area contributed by atoms with Crippen molar-refractivity contribution in [2.45, 2.75) is 26.2 Å². The second-order valence-corrected chi connectivity index (χ2v) is 5.65. The van der Waals surface area contributed by atoms with Crippen LogP contribution in [-0.2, 0) is 5.41 Å². The monoisotopic (exact) mass is 252 g/mol. The summed E-state index contributed by atoms with van der Waals surface area (Å²) in [7, 11) is 0. The molecule has 0 aliphatic rings. The molecule has 0 amide bonds. The molecule has 1 heterocycles. The molecule has 4 nitrogen and oxygen atoms in total. The molecule has 0 saturated heterocycles. The Kier molecular flexibility index (Phi) is 2.58. The predicted octanol–water partition coefficient (Wildman–Crippen LogP) is 2.85. The van der Waals surface area contributed by atoms with Crippen LogP contribution in [0.2, 0.25) is 0 Å². The van der Waals surface area contributed by atoms with Crippen molar-refractivity contribution < 1.29 is 13.8 Å². The van der Waals surface area contributed by atoms with Gasteiger partial charge in [-0.25, -0.2) is 9.59 Å². The average Bonchev–Trinajstić information content (AvgIpc) is 2.58. The van der Waals surface area contributed by atoms with Crippen LogP contribution in [0.25, 0.3) is 10.1 Å². The topological polar surface area (TPSA) is 67.5 Å². The summed E-state index contributed by atoms with van der Waals surface area (Å²) < 4.78 is 5.19. The minimum absolute atomic E-state index is 0.128. The van der Waals surface area contributed by atoms with Crippen LogP contribution in [0, 0.1) is 0 Å². The Morgan fingerprint density at radius 1 is 1.35 bits per heavy atom. The number of carboxylic acids is 1. The third-order valence-corrected chi connectivity index (χ3v) is 3.45. The molecule has 0 aliphatic carbocycles. The molecule has 2 aromatic rings. The molecule has 0 aliphatic heterocycles. The lowest BCUT2D eigenvalue weighted by Gasteiger charge is -2.19. The van der Waals surface area contributed by atoms with E-state index in [4.69, 9.17) is 8.96 Å². The molecular formula is C12H12O4S. The van der Waals surface area contributed by atoms with Gasteiger partial charge in [0.2, 0.25) is 0 Å². The van der Waals surface area contributed by atoms with E-state index in [1.165, 1.54) is 0 Å². The number of carboxylic acid groups (broad SMARTS) is 1. The summed E-state index contributed by atoms with van der Waals surface area (Å²) in [4.78, 5) is 22.6. The van der Waals surface area contributed by atoms with E-state index < -0.39 is 11.6 Å². The van der Waals surface area contributed by atoms with E-state index in [0.29, 0.717) is 10.1 Å². The smallest absolute Gasteiger partial charge is 0.356 e. The molecule has 0 bridgehead atoms. The van der Waals surface area contributed by atoms with Gasteiger partial charge in [-0.2, -0.15) is 0 Å². The lowest BCUT2D eigenvalue weighted by atomic mass is 9.85. The Labute approximate surface area is 102 Å². The fraction of sp³-hybridized carbons (Fsp3) is 0.333. The molecule has 17 heavy (non-hydrogen) atoms. The molecule has 0 spiro atoms. The van der Waals surface area contributed by atoms with Gasteiger partial charge in [-0.1, -0.05) is 20.8 Å². The minimum atomic E-state index is -1.04. The van der Waals surface area contributed by atoms with Gasteiger partial charge in [-0.05, 0) is 23.1 Å². The Bertz CT molecular complexity index is 643. The maximum atomic E-state index is 11.5. The molecule has 1 aromatic heterocycles. The van der Waals surface area contributed by atoms with Gasteiger partial charge in [-0.3, -0.25) is 0 Å². The van der Waals surface area contributed by atoms with Crippen molar-refractivity contribution in [1.82, 2.24) is 0 Å². The summed E-state index contributed by atoms with van der Waals surface area (Å²) >= 11 is 0.820. The van der Waals surface area contributed by atoms with E-state index in [2.05, 4.69) is 0 Å². The SMILES string of the molecule is CC(C)(C)c1cc(C(=O)O)c2soc(=O)c2c1. The minimum Gasteiger partial charge on any atom is -0.478 e. The molecule has 0 fully saturated rings. The van der Waals surface area contributed by atoms with Gasteiger partial charge in [0.05, 0.1) is 15.6 Å². The van der Waals surface area contributed by atoms with E-state index in [0.717, 1.165) is 17.2 Å². The van der Waals surface area contributed by atoms with Gasteiger partial charge in [0.25, 0.3) is 0 Å². The molecule has 1 aromatic carbocycles. The molecule has 1 N–H and O–H groups in total. The normalized spacial score (nSPS) is 11.9. The maximum Gasteiger partial charge on any atom is 0.356 e. The number of carbonyl (C=O) groups is 1. The van der Waals surface area contributed by atoms with E-state index in [-0.39, 0.29) is 11.0 Å². The highest BCUT2D eigenvalue weighted by Gasteiger charge is 2.21. The molecule has 0 atom stereocenters. The van der Waals surface area contributed by atoms with Crippen molar-refractivity contribution in [2.75, 3.05) is 0 Å². The fourth-order valence-corrected chi connectivity index (χ4v) is 2.30. The maximum absolute atomic E-state index is 11.5. The zero-order chi connectivity index (χ0) is 12.8. The van der Waals surface area contributed by atoms with Crippen molar-refractivity contribution in [3.05, 3.63) is 33.7 Å². The lowest BCUT2D eigenvalue weighted by Crippen LogP contribution is -2.13. The zero-order valence-corrected chi connectivity index (χ0v) is 10.6. The summed E-state index contributed by atoms with van der Waals surface area (Å²) in [5.41, 5.74) is 0.252. The van der Waals surface area contributed by atoms with Crippen LogP contribution in [0.15, 0.2) is 20.8 Å². The molecule has 0 saturated carbocycles. The van der Waals surface area contributed by atoms with Gasteiger partial charge in [0.15, 0.2) is 0 Å². The van der Waals surface area contributed by atoms with Gasteiger partial charge >= 0.3 is 11.6 Å². The second kappa shape index (κ2) is 3.70. The Morgan fingerprint density at radius 3 is 2.53 bits per heavy atom. The Hall–Kier alpha value is -1.62. The van der Waals surface area contributed by atoms with Crippen LogP contribution in [0.1, 0.15) is 36.7 Å². The highest BCUT2D eigenvalue weighted by atomic mass is 32.1. The van der Waals surface area contributed by atoms with Gasteiger partial charge < -0.3 is 8.96 Å². The summed E-state index contributed by atoms with van der Waals surface area (Å²) in [6.07, 6.45) is 0. The van der Waals surface area contributed by atoms with Crippen LogP contribution >= 0.6 is 11.6 Å². The highest BCUT2D eigenvalue weighted by molar-refractivity contribution is 7.11. The third kappa shape index (κ3) is 1.98. The summed E-state index contributed by atoms with van der Waals surface area (Å²) in [5, 5.41) is 9.49. The Balaban J connectivity index is 2.88. The van der Waals surface area contributed by atoms with E-state index in [9.17, 15) is 9.59 Å². The quantitative estimate of drug-likeness (QED) is 0.847. The molecule has 2 rings (SSSR count). The molecule has 0 radical (unpaired) electrons. The van der Waals surface area contributed by atoms with Crippen LogP contribution < -0.4 is 5.63 Å². The number of hydrogen-bond donors (Lipinski definition) is 1. The number of hydrogen-bond acceptors (Lipinski definition) is 4. The Morgan fingerprint density at radius 2 is 2.00 bits per heavy atom. The van der Waals surface area contributed by atoms with Gasteiger partial charge in [-0.15, -0.1) is 0 Å². The number of rotatable bonds is 1. The second-order valence-electron chi connectivity index (χ2n) is 4.91. The first-order valence-electron chi connectivity index (χ1n) is 5.11. The predicted molar refractivity (Wildman–Crippen MR) is 66.0 cm³/mol. The number of fused-ring (bicyclic) bond motifs is 1. The van der Waals surface area contributed by atoms with E-state index in [1.807, 2.05) is 20.8 Å². The zero-order valence-electron chi connectivity index (χ0n) is 9.73. The van der Waals surface area contributed by atoms with Crippen molar-refractivity contribution in [1.29, 1.82) is 0 Å². The standard InChI is InChI=1S/C12H12O4S/c1-12(2,3)6-4-7(10(13)14)9-8(5-6)11(15)16-17-9/h4-5H,1-3H3,(H,13,14). The summed E-state index contributed by atoms with van der Waals surface area (Å²) in [5.74, 6) is -1.04. The van der Waals surface area contributed by atoms with E-state index >= 15 is 0 Å². The van der Waals surface area contributed by atoms with Gasteiger partial charge in [0, 0.05) is 11.6 Å². The molecule has 5 heteroatoms. The first kappa shape index (κ1) is 11.9.